The molecule has 1 aliphatic carbocycles. The van der Waals surface area contributed by atoms with Crippen molar-refractivity contribution in [1.82, 2.24) is 4.72 Å². The Morgan fingerprint density at radius 1 is 1.38 bits per heavy atom. The highest BCUT2D eigenvalue weighted by molar-refractivity contribution is 7.89. The molecular weight excluding hydrogens is 350 g/mol. The lowest BCUT2D eigenvalue weighted by Crippen LogP contribution is -2.48. The molecule has 2 rings (SSSR count). The molecule has 0 heterocycles. The fourth-order valence-electron chi connectivity index (χ4n) is 2.36. The van der Waals surface area contributed by atoms with E-state index in [1.165, 1.54) is 6.07 Å². The van der Waals surface area contributed by atoms with E-state index in [9.17, 15) is 13.2 Å². The van der Waals surface area contributed by atoms with Gasteiger partial charge < -0.3 is 11.1 Å². The van der Waals surface area contributed by atoms with E-state index >= 15 is 0 Å². The Kier molecular flexibility index (Phi) is 6.81. The number of benzene rings is 1. The van der Waals surface area contributed by atoms with E-state index in [0.29, 0.717) is 17.7 Å². The lowest BCUT2D eigenvalue weighted by Gasteiger charge is -2.23. The van der Waals surface area contributed by atoms with E-state index in [2.05, 4.69) is 10.0 Å². The molecule has 0 aliphatic heterocycles. The van der Waals surface area contributed by atoms with Crippen LogP contribution in [0.2, 0.25) is 0 Å². The fourth-order valence-corrected chi connectivity index (χ4v) is 3.93. The summed E-state index contributed by atoms with van der Waals surface area (Å²) in [5, 5.41) is 2.72. The molecule has 4 N–H and O–H groups in total. The van der Waals surface area contributed by atoms with Gasteiger partial charge in [0.2, 0.25) is 15.9 Å². The first kappa shape index (κ1) is 20.9. The first-order chi connectivity index (χ1) is 10.7. The van der Waals surface area contributed by atoms with Crippen LogP contribution in [-0.2, 0) is 14.8 Å². The molecule has 1 amide bonds. The van der Waals surface area contributed by atoms with Crippen molar-refractivity contribution in [3.8, 4) is 0 Å². The molecule has 0 saturated heterocycles. The molecule has 1 saturated carbocycles. The van der Waals surface area contributed by atoms with Gasteiger partial charge in [0, 0.05) is 11.7 Å². The summed E-state index contributed by atoms with van der Waals surface area (Å²) in [5.74, 6) is -0.318. The Labute approximate surface area is 150 Å². The number of hydrogen-bond donors (Lipinski definition) is 3. The van der Waals surface area contributed by atoms with Crippen LogP contribution in [0.1, 0.15) is 45.1 Å². The third-order valence-electron chi connectivity index (χ3n) is 3.92. The van der Waals surface area contributed by atoms with Crippen LogP contribution in [0.3, 0.4) is 0 Å². The molecule has 1 aromatic rings. The van der Waals surface area contributed by atoms with E-state index in [-0.39, 0.29) is 29.3 Å². The second-order valence-electron chi connectivity index (χ2n) is 6.50. The number of nitrogens with two attached hydrogens (primary N) is 1. The third-order valence-corrected chi connectivity index (χ3v) is 5.59. The number of anilines is 1. The van der Waals surface area contributed by atoms with Crippen LogP contribution in [0.25, 0.3) is 0 Å². The highest BCUT2D eigenvalue weighted by Crippen LogP contribution is 2.25. The summed E-state index contributed by atoms with van der Waals surface area (Å²) >= 11 is 0. The molecule has 136 valence electrons. The zero-order chi connectivity index (χ0) is 17.3. The lowest BCUT2D eigenvalue weighted by atomic mass is 9.96. The van der Waals surface area contributed by atoms with Crippen LogP contribution in [0, 0.1) is 6.92 Å². The molecule has 0 radical (unpaired) electrons. The van der Waals surface area contributed by atoms with Crippen LogP contribution in [-0.4, -0.2) is 25.9 Å². The molecule has 1 aromatic carbocycles. The fraction of sp³-hybridized carbons (Fsp3) is 0.562. The van der Waals surface area contributed by atoms with Crippen molar-refractivity contribution in [2.75, 3.05) is 5.32 Å². The quantitative estimate of drug-likeness (QED) is 0.680. The highest BCUT2D eigenvalue weighted by Gasteiger charge is 2.30. The molecule has 24 heavy (non-hydrogen) atoms. The van der Waals surface area contributed by atoms with Gasteiger partial charge in [0.15, 0.2) is 0 Å². The van der Waals surface area contributed by atoms with Gasteiger partial charge in [-0.05, 0) is 50.8 Å². The molecular formula is C16H26ClN3O3S. The SMILES string of the molecule is CCCC(C)(N)C(=O)Nc1ccc(C)c(S(=O)(=O)NC2CC2)c1.Cl. The number of aryl methyl sites for hydroxylation is 1. The van der Waals surface area contributed by atoms with E-state index in [1.807, 2.05) is 6.92 Å². The number of halogens is 1. The summed E-state index contributed by atoms with van der Waals surface area (Å²) in [6.07, 6.45) is 3.09. The van der Waals surface area contributed by atoms with Crippen molar-refractivity contribution in [3.63, 3.8) is 0 Å². The van der Waals surface area contributed by atoms with Gasteiger partial charge in [-0.1, -0.05) is 19.4 Å². The van der Waals surface area contributed by atoms with Crippen LogP contribution in [0.4, 0.5) is 5.69 Å². The van der Waals surface area contributed by atoms with Crippen LogP contribution in [0.5, 0.6) is 0 Å². The standard InChI is InChI=1S/C16H25N3O3S.ClH/c1-4-9-16(3,17)15(20)18-13-6-5-11(2)14(10-13)23(21,22)19-12-7-8-12;/h5-6,10,12,19H,4,7-9,17H2,1-3H3,(H,18,20);1H. The third kappa shape index (κ3) is 5.17. The smallest absolute Gasteiger partial charge is 0.244 e. The molecule has 1 fully saturated rings. The molecule has 0 bridgehead atoms. The summed E-state index contributed by atoms with van der Waals surface area (Å²) < 4.78 is 27.4. The second kappa shape index (κ2) is 7.82. The monoisotopic (exact) mass is 375 g/mol. The zero-order valence-corrected chi connectivity index (χ0v) is 15.9. The van der Waals surface area contributed by atoms with Crippen LogP contribution >= 0.6 is 12.4 Å². The Hall–Kier alpha value is -1.15. The van der Waals surface area contributed by atoms with Crippen molar-refractivity contribution in [3.05, 3.63) is 23.8 Å². The number of carbonyl (C=O) groups is 1. The number of rotatable bonds is 7. The van der Waals surface area contributed by atoms with Gasteiger partial charge in [-0.3, -0.25) is 4.79 Å². The number of nitrogens with one attached hydrogen (secondary N) is 2. The first-order valence-corrected chi connectivity index (χ1v) is 9.37. The van der Waals surface area contributed by atoms with Gasteiger partial charge in [0.05, 0.1) is 10.4 Å². The Morgan fingerprint density at radius 2 is 2.00 bits per heavy atom. The van der Waals surface area contributed by atoms with Crippen LogP contribution in [0.15, 0.2) is 23.1 Å². The number of amides is 1. The van der Waals surface area contributed by atoms with Gasteiger partial charge in [-0.15, -0.1) is 12.4 Å². The van der Waals surface area contributed by atoms with Crippen molar-refractivity contribution >= 4 is 34.0 Å². The molecule has 0 spiro atoms. The average molecular weight is 376 g/mol. The largest absolute Gasteiger partial charge is 0.324 e. The predicted molar refractivity (Wildman–Crippen MR) is 97.9 cm³/mol. The molecule has 0 aromatic heterocycles. The van der Waals surface area contributed by atoms with Crippen molar-refractivity contribution < 1.29 is 13.2 Å². The molecule has 8 heteroatoms. The number of carbonyl (C=O) groups excluding carboxylic acids is 1. The van der Waals surface area contributed by atoms with Crippen molar-refractivity contribution in [1.29, 1.82) is 0 Å². The molecule has 1 atom stereocenters. The second-order valence-corrected chi connectivity index (χ2v) is 8.18. The predicted octanol–water partition coefficient (Wildman–Crippen LogP) is 2.31. The number of hydrogen-bond acceptors (Lipinski definition) is 4. The van der Waals surface area contributed by atoms with Crippen molar-refractivity contribution in [2.45, 2.75) is 62.9 Å². The van der Waals surface area contributed by atoms with Gasteiger partial charge in [-0.25, -0.2) is 13.1 Å². The van der Waals surface area contributed by atoms with Crippen LogP contribution < -0.4 is 15.8 Å². The first-order valence-electron chi connectivity index (χ1n) is 7.89. The summed E-state index contributed by atoms with van der Waals surface area (Å²) in [6, 6.07) is 4.89. The Bertz CT molecular complexity index is 701. The maximum atomic E-state index is 12.4. The maximum Gasteiger partial charge on any atom is 0.244 e. The Morgan fingerprint density at radius 3 is 2.54 bits per heavy atom. The molecule has 1 aliphatic rings. The van der Waals surface area contributed by atoms with E-state index in [1.54, 1.807) is 26.0 Å². The van der Waals surface area contributed by atoms with Gasteiger partial charge in [0.1, 0.15) is 0 Å². The highest BCUT2D eigenvalue weighted by atomic mass is 35.5. The normalized spacial score (nSPS) is 16.8. The summed E-state index contributed by atoms with van der Waals surface area (Å²) in [6.45, 7) is 5.36. The topological polar surface area (TPSA) is 101 Å². The minimum Gasteiger partial charge on any atom is -0.324 e. The summed E-state index contributed by atoms with van der Waals surface area (Å²) in [4.78, 5) is 12.4. The lowest BCUT2D eigenvalue weighted by molar-refractivity contribution is -0.120. The minimum atomic E-state index is -3.56. The number of sulfonamides is 1. The average Bonchev–Trinajstić information content (AvgIpc) is 3.23. The van der Waals surface area contributed by atoms with E-state index in [0.717, 1.165) is 19.3 Å². The Balaban J connectivity index is 0.00000288. The molecule has 1 unspecified atom stereocenters. The van der Waals surface area contributed by atoms with E-state index < -0.39 is 15.6 Å². The summed E-state index contributed by atoms with van der Waals surface area (Å²) in [7, 11) is -3.56. The minimum absolute atomic E-state index is 0. The van der Waals surface area contributed by atoms with Gasteiger partial charge in [-0.2, -0.15) is 0 Å². The van der Waals surface area contributed by atoms with E-state index in [4.69, 9.17) is 5.73 Å². The van der Waals surface area contributed by atoms with Gasteiger partial charge >= 0.3 is 0 Å². The van der Waals surface area contributed by atoms with Crippen molar-refractivity contribution in [2.24, 2.45) is 5.73 Å². The van der Waals surface area contributed by atoms with Gasteiger partial charge in [0.25, 0.3) is 0 Å². The molecule has 6 nitrogen and oxygen atoms in total. The summed E-state index contributed by atoms with van der Waals surface area (Å²) in [5.41, 5.74) is 6.10. The zero-order valence-electron chi connectivity index (χ0n) is 14.3. The maximum absolute atomic E-state index is 12.4.